The third-order valence-corrected chi connectivity index (χ3v) is 5.11. The van der Waals surface area contributed by atoms with Gasteiger partial charge in [0.1, 0.15) is 11.8 Å². The van der Waals surface area contributed by atoms with Gasteiger partial charge in [-0.2, -0.15) is 0 Å². The highest BCUT2D eigenvalue weighted by molar-refractivity contribution is 7.15. The summed E-state index contributed by atoms with van der Waals surface area (Å²) >= 11 is 1.26. The van der Waals surface area contributed by atoms with E-state index in [1.165, 1.54) is 17.6 Å². The Balaban J connectivity index is 1.81. The molecule has 0 radical (unpaired) electrons. The Morgan fingerprint density at radius 1 is 1.04 bits per heavy atom. The highest BCUT2D eigenvalue weighted by Crippen LogP contribution is 2.16. The van der Waals surface area contributed by atoms with Crippen LogP contribution < -0.4 is 15.5 Å². The lowest BCUT2D eigenvalue weighted by atomic mass is 10.2. The van der Waals surface area contributed by atoms with Gasteiger partial charge >= 0.3 is 0 Å². The largest absolute Gasteiger partial charge is 0.463 e. The molecule has 0 aliphatic rings. The first-order valence-corrected chi connectivity index (χ1v) is 8.46. The molecule has 120 valence electrons. The molecule has 3 heterocycles. The van der Waals surface area contributed by atoms with Crippen molar-refractivity contribution in [2.45, 2.75) is 0 Å². The maximum atomic E-state index is 12.8. The summed E-state index contributed by atoms with van der Waals surface area (Å²) in [5.41, 5.74) is 2.09. The van der Waals surface area contributed by atoms with Gasteiger partial charge in [-0.25, -0.2) is 9.38 Å². The number of hydrogen-bond donors (Lipinski definition) is 0. The molecular formula is C19H10N2O3S. The molecule has 0 saturated heterocycles. The number of rotatable bonds is 1. The minimum absolute atomic E-state index is 0.155. The van der Waals surface area contributed by atoms with Gasteiger partial charge in [-0.1, -0.05) is 35.6 Å². The molecule has 0 bridgehead atoms. The number of imidazole rings is 1. The molecule has 6 heteroatoms. The molecule has 5 nitrogen and oxygen atoms in total. The quantitative estimate of drug-likeness (QED) is 0.468. The van der Waals surface area contributed by atoms with Crippen molar-refractivity contribution in [2.75, 3.05) is 0 Å². The van der Waals surface area contributed by atoms with E-state index in [9.17, 15) is 9.59 Å². The van der Waals surface area contributed by atoms with Crippen molar-refractivity contribution < 1.29 is 4.42 Å². The van der Waals surface area contributed by atoms with Crippen LogP contribution in [-0.2, 0) is 0 Å². The van der Waals surface area contributed by atoms with Crippen molar-refractivity contribution in [1.82, 2.24) is 9.38 Å². The van der Waals surface area contributed by atoms with Gasteiger partial charge in [0.15, 0.2) is 10.4 Å². The Hall–Kier alpha value is -3.25. The number of fused-ring (bicyclic) bond motifs is 4. The Morgan fingerprint density at radius 3 is 2.76 bits per heavy atom. The number of nitrogens with zero attached hydrogens (tertiary/aromatic N) is 2. The zero-order chi connectivity index (χ0) is 17.0. The highest BCUT2D eigenvalue weighted by Gasteiger charge is 2.11. The predicted molar refractivity (Wildman–Crippen MR) is 98.1 cm³/mol. The first-order chi connectivity index (χ1) is 12.2. The summed E-state index contributed by atoms with van der Waals surface area (Å²) < 4.78 is 7.54. The molecule has 0 N–H and O–H groups in total. The number of benzene rings is 2. The van der Waals surface area contributed by atoms with Crippen LogP contribution >= 0.6 is 11.3 Å². The lowest BCUT2D eigenvalue weighted by Gasteiger charge is -1.96. The van der Waals surface area contributed by atoms with Crippen LogP contribution in [0.25, 0.3) is 33.0 Å². The summed E-state index contributed by atoms with van der Waals surface area (Å²) in [5, 5.41) is 0.496. The SMILES string of the molecule is O=c1c(/C=c2\sc3nc4ccccc4n3c2=O)coc2ccccc12. The van der Waals surface area contributed by atoms with Crippen LogP contribution in [0.5, 0.6) is 0 Å². The molecule has 0 saturated carbocycles. The van der Waals surface area contributed by atoms with Crippen molar-refractivity contribution in [3.63, 3.8) is 0 Å². The zero-order valence-electron chi connectivity index (χ0n) is 12.8. The Kier molecular flexibility index (Phi) is 2.89. The van der Waals surface area contributed by atoms with E-state index < -0.39 is 0 Å². The van der Waals surface area contributed by atoms with Gasteiger partial charge in [-0.15, -0.1) is 0 Å². The van der Waals surface area contributed by atoms with Crippen LogP contribution in [0.3, 0.4) is 0 Å². The maximum absolute atomic E-state index is 12.8. The molecule has 5 rings (SSSR count). The van der Waals surface area contributed by atoms with Gasteiger partial charge < -0.3 is 4.42 Å². The summed E-state index contributed by atoms with van der Waals surface area (Å²) in [7, 11) is 0. The van der Waals surface area contributed by atoms with E-state index in [-0.39, 0.29) is 11.0 Å². The normalized spacial score (nSPS) is 12.6. The topological polar surface area (TPSA) is 64.6 Å². The number of thiazole rings is 1. The molecule has 2 aromatic carbocycles. The fourth-order valence-electron chi connectivity index (χ4n) is 2.95. The van der Waals surface area contributed by atoms with Crippen LogP contribution in [0.15, 0.2) is 68.8 Å². The average molecular weight is 346 g/mol. The second-order valence-corrected chi connectivity index (χ2v) is 6.66. The second kappa shape index (κ2) is 5.12. The fraction of sp³-hybridized carbons (Fsp3) is 0. The van der Waals surface area contributed by atoms with E-state index in [2.05, 4.69) is 4.98 Å². The third-order valence-electron chi connectivity index (χ3n) is 4.14. The van der Waals surface area contributed by atoms with Gasteiger partial charge in [-0.05, 0) is 30.3 Å². The predicted octanol–water partition coefficient (Wildman–Crippen LogP) is 2.56. The van der Waals surface area contributed by atoms with Crippen LogP contribution in [0.2, 0.25) is 0 Å². The van der Waals surface area contributed by atoms with E-state index in [1.54, 1.807) is 28.7 Å². The van der Waals surface area contributed by atoms with Crippen LogP contribution in [0, 0.1) is 0 Å². The number of aromatic nitrogens is 2. The average Bonchev–Trinajstić information content (AvgIpc) is 3.14. The maximum Gasteiger partial charge on any atom is 0.274 e. The smallest absolute Gasteiger partial charge is 0.274 e. The molecule has 5 aromatic rings. The zero-order valence-corrected chi connectivity index (χ0v) is 13.6. The first-order valence-electron chi connectivity index (χ1n) is 7.65. The Labute approximate surface area is 144 Å². The molecule has 0 fully saturated rings. The van der Waals surface area contributed by atoms with E-state index in [0.29, 0.717) is 26.0 Å². The molecule has 0 aliphatic heterocycles. The van der Waals surface area contributed by atoms with E-state index in [1.807, 2.05) is 30.3 Å². The summed E-state index contributed by atoms with van der Waals surface area (Å²) in [6.45, 7) is 0. The van der Waals surface area contributed by atoms with Crippen molar-refractivity contribution in [3.05, 3.63) is 85.5 Å². The summed E-state index contributed by atoms with van der Waals surface area (Å²) in [5.74, 6) is 0. The van der Waals surface area contributed by atoms with Crippen LogP contribution in [0.1, 0.15) is 5.56 Å². The molecule has 0 unspecified atom stereocenters. The molecule has 0 amide bonds. The third kappa shape index (κ3) is 2.04. The van der Waals surface area contributed by atoms with Gasteiger partial charge in [0, 0.05) is 0 Å². The molecule has 25 heavy (non-hydrogen) atoms. The van der Waals surface area contributed by atoms with Crippen LogP contribution in [-0.4, -0.2) is 9.38 Å². The minimum atomic E-state index is -0.179. The number of para-hydroxylation sites is 3. The fourth-order valence-corrected chi connectivity index (χ4v) is 3.92. The molecule has 0 atom stereocenters. The molecular weight excluding hydrogens is 336 g/mol. The van der Waals surface area contributed by atoms with Crippen molar-refractivity contribution in [1.29, 1.82) is 0 Å². The van der Waals surface area contributed by atoms with E-state index in [4.69, 9.17) is 4.42 Å². The number of hydrogen-bond acceptors (Lipinski definition) is 5. The lowest BCUT2D eigenvalue weighted by molar-refractivity contribution is 0.601. The molecule has 0 aliphatic carbocycles. The van der Waals surface area contributed by atoms with Crippen molar-refractivity contribution in [3.8, 4) is 0 Å². The van der Waals surface area contributed by atoms with Crippen LogP contribution in [0.4, 0.5) is 0 Å². The summed E-state index contributed by atoms with van der Waals surface area (Å²) in [6.07, 6.45) is 2.97. The summed E-state index contributed by atoms with van der Waals surface area (Å²) in [4.78, 5) is 30.4. The van der Waals surface area contributed by atoms with Crippen molar-refractivity contribution >= 4 is 44.4 Å². The molecule has 0 spiro atoms. The molecule has 3 aromatic heterocycles. The highest BCUT2D eigenvalue weighted by atomic mass is 32.1. The van der Waals surface area contributed by atoms with Crippen molar-refractivity contribution in [2.24, 2.45) is 0 Å². The Bertz CT molecular complexity index is 1440. The van der Waals surface area contributed by atoms with Gasteiger partial charge in [-0.3, -0.25) is 9.59 Å². The van der Waals surface area contributed by atoms with Gasteiger partial charge in [0.05, 0.1) is 26.5 Å². The standard InChI is InChI=1S/C19H10N2O3S/c22-17-11(10-24-15-8-4-1-5-12(15)17)9-16-18(23)21-14-7-3-2-6-13(14)20-19(21)25-16/h1-10H/b16-9-. The van der Waals surface area contributed by atoms with E-state index in [0.717, 1.165) is 11.0 Å². The first kappa shape index (κ1) is 14.1. The van der Waals surface area contributed by atoms with Gasteiger partial charge in [0.2, 0.25) is 0 Å². The second-order valence-electron chi connectivity index (χ2n) is 5.65. The summed E-state index contributed by atoms with van der Waals surface area (Å²) in [6, 6.07) is 14.5. The Morgan fingerprint density at radius 2 is 1.84 bits per heavy atom. The van der Waals surface area contributed by atoms with E-state index >= 15 is 0 Å². The lowest BCUT2D eigenvalue weighted by Crippen LogP contribution is -2.23. The van der Waals surface area contributed by atoms with Gasteiger partial charge in [0.25, 0.3) is 5.56 Å². The minimum Gasteiger partial charge on any atom is -0.463 e. The monoisotopic (exact) mass is 346 g/mol.